The zero-order valence-electron chi connectivity index (χ0n) is 17.3. The first-order valence-electron chi connectivity index (χ1n) is 10.3. The number of para-hydroxylation sites is 2. The quantitative estimate of drug-likeness (QED) is 0.409. The molecule has 1 aliphatic rings. The van der Waals surface area contributed by atoms with Crippen LogP contribution in [0, 0.1) is 6.92 Å². The van der Waals surface area contributed by atoms with E-state index in [1.54, 1.807) is 29.2 Å². The summed E-state index contributed by atoms with van der Waals surface area (Å²) in [5.74, 6) is -0.359. The summed E-state index contributed by atoms with van der Waals surface area (Å²) >= 11 is 8.04. The fraction of sp³-hybridized carbons (Fsp3) is 0.120. The first kappa shape index (κ1) is 20.5. The number of halogens is 1. The second-order valence-electron chi connectivity index (χ2n) is 7.60. The standard InChI is InChI=1S/C25H20ClN3O2S/c1-16-19(11-14-32-16)24(30)27-17-8-9-20(21(26)15-17)25(31)29-13-10-18-5-4-12-28(18)22-6-2-3-7-23(22)29/h2-9,11-12,14-15H,10,13H2,1H3,(H,27,30). The van der Waals surface area contributed by atoms with Crippen molar-refractivity contribution in [2.45, 2.75) is 13.3 Å². The molecule has 2 aromatic heterocycles. The molecule has 1 aliphatic heterocycles. The number of aromatic nitrogens is 1. The lowest BCUT2D eigenvalue weighted by Crippen LogP contribution is -2.32. The van der Waals surface area contributed by atoms with E-state index >= 15 is 0 Å². The van der Waals surface area contributed by atoms with Crippen LogP contribution in [0.4, 0.5) is 11.4 Å². The summed E-state index contributed by atoms with van der Waals surface area (Å²) in [7, 11) is 0. The van der Waals surface area contributed by atoms with Crippen LogP contribution in [0.3, 0.4) is 0 Å². The number of hydrogen-bond acceptors (Lipinski definition) is 3. The monoisotopic (exact) mass is 461 g/mol. The summed E-state index contributed by atoms with van der Waals surface area (Å²) < 4.78 is 2.12. The molecule has 4 aromatic rings. The van der Waals surface area contributed by atoms with E-state index in [1.165, 1.54) is 11.3 Å². The molecule has 0 saturated heterocycles. The Balaban J connectivity index is 1.43. The topological polar surface area (TPSA) is 54.3 Å². The van der Waals surface area contributed by atoms with Gasteiger partial charge in [0.05, 0.1) is 27.5 Å². The van der Waals surface area contributed by atoms with Crippen LogP contribution in [0.5, 0.6) is 0 Å². The van der Waals surface area contributed by atoms with Gasteiger partial charge in [0.25, 0.3) is 11.8 Å². The maximum Gasteiger partial charge on any atom is 0.259 e. The van der Waals surface area contributed by atoms with Gasteiger partial charge in [-0.2, -0.15) is 0 Å². The molecule has 0 saturated carbocycles. The number of rotatable bonds is 3. The van der Waals surface area contributed by atoms with E-state index in [2.05, 4.69) is 16.0 Å². The minimum absolute atomic E-state index is 0.167. The van der Waals surface area contributed by atoms with E-state index < -0.39 is 0 Å². The van der Waals surface area contributed by atoms with Crippen molar-refractivity contribution < 1.29 is 9.59 Å². The summed E-state index contributed by atoms with van der Waals surface area (Å²) in [5, 5.41) is 5.05. The molecule has 5 rings (SSSR count). The van der Waals surface area contributed by atoms with Gasteiger partial charge in [-0.3, -0.25) is 9.59 Å². The van der Waals surface area contributed by atoms with E-state index in [0.29, 0.717) is 28.4 Å². The van der Waals surface area contributed by atoms with E-state index in [-0.39, 0.29) is 11.8 Å². The highest BCUT2D eigenvalue weighted by Gasteiger charge is 2.26. The van der Waals surface area contributed by atoms with Gasteiger partial charge in [0.15, 0.2) is 0 Å². The molecule has 0 bridgehead atoms. The number of anilines is 2. The van der Waals surface area contributed by atoms with E-state index in [0.717, 1.165) is 28.4 Å². The first-order chi connectivity index (χ1) is 15.5. The highest BCUT2D eigenvalue weighted by molar-refractivity contribution is 7.10. The molecule has 7 heteroatoms. The summed E-state index contributed by atoms with van der Waals surface area (Å²) in [6.07, 6.45) is 2.75. The van der Waals surface area contributed by atoms with Gasteiger partial charge in [-0.1, -0.05) is 23.7 Å². The maximum absolute atomic E-state index is 13.5. The Bertz CT molecular complexity index is 1340. The molecule has 0 unspecified atom stereocenters. The fourth-order valence-electron chi connectivity index (χ4n) is 4.04. The number of aryl methyl sites for hydroxylation is 1. The average Bonchev–Trinajstić information content (AvgIpc) is 3.40. The van der Waals surface area contributed by atoms with Crippen molar-refractivity contribution in [3.8, 4) is 5.69 Å². The van der Waals surface area contributed by atoms with Gasteiger partial charge in [0, 0.05) is 35.4 Å². The minimum atomic E-state index is -0.192. The van der Waals surface area contributed by atoms with Crippen molar-refractivity contribution in [1.29, 1.82) is 0 Å². The van der Waals surface area contributed by atoms with E-state index in [1.807, 2.05) is 48.8 Å². The van der Waals surface area contributed by atoms with Crippen LogP contribution < -0.4 is 10.2 Å². The van der Waals surface area contributed by atoms with Crippen molar-refractivity contribution in [2.24, 2.45) is 0 Å². The van der Waals surface area contributed by atoms with Crippen LogP contribution in [-0.4, -0.2) is 22.9 Å². The number of nitrogens with one attached hydrogen (secondary N) is 1. The molecule has 5 nitrogen and oxygen atoms in total. The molecule has 160 valence electrons. The molecule has 0 radical (unpaired) electrons. The van der Waals surface area contributed by atoms with Gasteiger partial charge in [-0.25, -0.2) is 0 Å². The number of carbonyl (C=O) groups excluding carboxylic acids is 2. The Hall–Kier alpha value is -3.35. The second-order valence-corrected chi connectivity index (χ2v) is 9.13. The van der Waals surface area contributed by atoms with Crippen molar-refractivity contribution in [2.75, 3.05) is 16.8 Å². The third kappa shape index (κ3) is 3.61. The molecular formula is C25H20ClN3O2S. The summed E-state index contributed by atoms with van der Waals surface area (Å²) in [6, 6.07) is 18.8. The number of hydrogen-bond donors (Lipinski definition) is 1. The van der Waals surface area contributed by atoms with Crippen LogP contribution in [0.1, 0.15) is 31.3 Å². The van der Waals surface area contributed by atoms with Crippen LogP contribution >= 0.6 is 22.9 Å². The highest BCUT2D eigenvalue weighted by Crippen LogP contribution is 2.32. The zero-order chi connectivity index (χ0) is 22.2. The maximum atomic E-state index is 13.5. The van der Waals surface area contributed by atoms with Gasteiger partial charge >= 0.3 is 0 Å². The number of benzene rings is 2. The van der Waals surface area contributed by atoms with E-state index in [4.69, 9.17) is 11.6 Å². The number of fused-ring (bicyclic) bond motifs is 3. The van der Waals surface area contributed by atoms with Crippen molar-refractivity contribution in [3.05, 3.63) is 99.0 Å². The molecule has 0 aliphatic carbocycles. The van der Waals surface area contributed by atoms with Crippen LogP contribution in [-0.2, 0) is 6.42 Å². The largest absolute Gasteiger partial charge is 0.322 e. The average molecular weight is 462 g/mol. The predicted octanol–water partition coefficient (Wildman–Crippen LogP) is 5.96. The third-order valence-corrected chi connectivity index (χ3v) is 6.82. The van der Waals surface area contributed by atoms with Crippen LogP contribution in [0.15, 0.2) is 72.2 Å². The van der Waals surface area contributed by atoms with E-state index in [9.17, 15) is 9.59 Å². The SMILES string of the molecule is Cc1sccc1C(=O)Nc1ccc(C(=O)N2CCc3cccn3-c3ccccc32)c(Cl)c1. The first-order valence-corrected chi connectivity index (χ1v) is 11.5. The zero-order valence-corrected chi connectivity index (χ0v) is 18.9. The van der Waals surface area contributed by atoms with Gasteiger partial charge in [0.1, 0.15) is 0 Å². The Morgan fingerprint density at radius 2 is 1.81 bits per heavy atom. The van der Waals surface area contributed by atoms with Crippen LogP contribution in [0.25, 0.3) is 5.69 Å². The summed E-state index contributed by atoms with van der Waals surface area (Å²) in [6.45, 7) is 2.45. The smallest absolute Gasteiger partial charge is 0.259 e. The minimum Gasteiger partial charge on any atom is -0.322 e. The number of thiophene rings is 1. The molecule has 0 fully saturated rings. The molecule has 0 atom stereocenters. The summed E-state index contributed by atoms with van der Waals surface area (Å²) in [4.78, 5) is 28.8. The Morgan fingerprint density at radius 1 is 1.00 bits per heavy atom. The molecule has 3 heterocycles. The normalized spacial score (nSPS) is 12.6. The fourth-order valence-corrected chi connectivity index (χ4v) is 5.00. The number of nitrogens with zero attached hydrogens (tertiary/aromatic N) is 2. The van der Waals surface area contributed by atoms with Crippen molar-refractivity contribution in [1.82, 2.24) is 4.57 Å². The van der Waals surface area contributed by atoms with Gasteiger partial charge in [-0.05, 0) is 60.8 Å². The second kappa shape index (κ2) is 8.30. The number of amides is 2. The lowest BCUT2D eigenvalue weighted by molar-refractivity contribution is 0.0986. The van der Waals surface area contributed by atoms with Gasteiger partial charge in [0.2, 0.25) is 0 Å². The Morgan fingerprint density at radius 3 is 2.56 bits per heavy atom. The predicted molar refractivity (Wildman–Crippen MR) is 130 cm³/mol. The molecule has 32 heavy (non-hydrogen) atoms. The lowest BCUT2D eigenvalue weighted by Gasteiger charge is -2.23. The van der Waals surface area contributed by atoms with Gasteiger partial charge in [-0.15, -0.1) is 11.3 Å². The summed E-state index contributed by atoms with van der Waals surface area (Å²) in [5.41, 5.74) is 4.54. The molecule has 0 spiro atoms. The van der Waals surface area contributed by atoms with Crippen LogP contribution in [0.2, 0.25) is 5.02 Å². The van der Waals surface area contributed by atoms with Crippen molar-refractivity contribution in [3.63, 3.8) is 0 Å². The Kier molecular flexibility index (Phi) is 5.33. The Labute approximate surface area is 194 Å². The molecular weight excluding hydrogens is 442 g/mol. The molecule has 2 aromatic carbocycles. The lowest BCUT2D eigenvalue weighted by atomic mass is 10.1. The van der Waals surface area contributed by atoms with Crippen molar-refractivity contribution >= 4 is 46.1 Å². The molecule has 1 N–H and O–H groups in total. The highest BCUT2D eigenvalue weighted by atomic mass is 35.5. The molecule has 2 amide bonds. The van der Waals surface area contributed by atoms with Gasteiger partial charge < -0.3 is 14.8 Å². The number of carbonyl (C=O) groups is 2. The third-order valence-electron chi connectivity index (χ3n) is 5.66.